The van der Waals surface area contributed by atoms with Gasteiger partial charge >= 0.3 is 0 Å². The van der Waals surface area contributed by atoms with Gasteiger partial charge in [-0.15, -0.1) is 11.3 Å². The van der Waals surface area contributed by atoms with E-state index in [2.05, 4.69) is 24.5 Å². The van der Waals surface area contributed by atoms with Gasteiger partial charge in [0.25, 0.3) is 0 Å². The van der Waals surface area contributed by atoms with E-state index >= 15 is 0 Å². The first-order chi connectivity index (χ1) is 8.80. The molecule has 4 heteroatoms. The van der Waals surface area contributed by atoms with Gasteiger partial charge < -0.3 is 4.74 Å². The number of hydrogen-bond donors (Lipinski definition) is 2. The summed E-state index contributed by atoms with van der Waals surface area (Å²) in [4.78, 5) is 2.91. The summed E-state index contributed by atoms with van der Waals surface area (Å²) in [6.07, 6.45) is 6.77. The van der Waals surface area contributed by atoms with E-state index in [0.29, 0.717) is 24.2 Å². The Kier molecular flexibility index (Phi) is 3.71. The fourth-order valence-electron chi connectivity index (χ4n) is 3.37. The molecule has 100 valence electrons. The van der Waals surface area contributed by atoms with Crippen molar-refractivity contribution >= 4 is 11.3 Å². The van der Waals surface area contributed by atoms with Gasteiger partial charge in [-0.05, 0) is 44.2 Å². The van der Waals surface area contributed by atoms with Gasteiger partial charge in [0, 0.05) is 21.7 Å². The van der Waals surface area contributed by atoms with Crippen molar-refractivity contribution < 1.29 is 4.74 Å². The van der Waals surface area contributed by atoms with Crippen molar-refractivity contribution in [2.24, 2.45) is 11.8 Å². The molecule has 2 aliphatic heterocycles. The van der Waals surface area contributed by atoms with Crippen LogP contribution < -0.4 is 11.3 Å². The number of fused-ring (bicyclic) bond motifs is 2. The molecule has 0 spiro atoms. The zero-order valence-corrected chi connectivity index (χ0v) is 11.7. The number of aryl methyl sites for hydroxylation is 1. The minimum Gasteiger partial charge on any atom is -0.375 e. The Labute approximate surface area is 113 Å². The molecular formula is C14H22N2OS. The molecular weight excluding hydrogens is 244 g/mol. The highest BCUT2D eigenvalue weighted by molar-refractivity contribution is 7.11. The Morgan fingerprint density at radius 2 is 2.28 bits per heavy atom. The predicted molar refractivity (Wildman–Crippen MR) is 74.5 cm³/mol. The van der Waals surface area contributed by atoms with Crippen molar-refractivity contribution in [2.45, 2.75) is 57.3 Å². The van der Waals surface area contributed by atoms with Crippen LogP contribution in [0, 0.1) is 5.92 Å². The van der Waals surface area contributed by atoms with E-state index < -0.39 is 0 Å². The summed E-state index contributed by atoms with van der Waals surface area (Å²) in [5.41, 5.74) is 3.03. The van der Waals surface area contributed by atoms with Gasteiger partial charge in [0.2, 0.25) is 0 Å². The van der Waals surface area contributed by atoms with Crippen LogP contribution in [0.3, 0.4) is 0 Å². The smallest absolute Gasteiger partial charge is 0.0624 e. The third-order valence-corrected chi connectivity index (χ3v) is 5.62. The number of nitrogens with one attached hydrogen (secondary N) is 1. The number of thiophene rings is 1. The van der Waals surface area contributed by atoms with E-state index in [1.807, 2.05) is 11.3 Å². The molecule has 0 amide bonds. The van der Waals surface area contributed by atoms with Crippen molar-refractivity contribution in [2.75, 3.05) is 0 Å². The summed E-state index contributed by atoms with van der Waals surface area (Å²) in [6.45, 7) is 2.21. The lowest BCUT2D eigenvalue weighted by molar-refractivity contribution is 0.0858. The third kappa shape index (κ3) is 2.35. The van der Waals surface area contributed by atoms with Crippen LogP contribution >= 0.6 is 11.3 Å². The molecule has 0 radical (unpaired) electrons. The molecule has 3 nitrogen and oxygen atoms in total. The second kappa shape index (κ2) is 5.29. The van der Waals surface area contributed by atoms with Crippen molar-refractivity contribution in [1.29, 1.82) is 0 Å². The van der Waals surface area contributed by atoms with Gasteiger partial charge in [-0.3, -0.25) is 11.3 Å². The van der Waals surface area contributed by atoms with Crippen LogP contribution in [0.1, 0.15) is 35.9 Å². The summed E-state index contributed by atoms with van der Waals surface area (Å²) < 4.78 is 5.94. The Morgan fingerprint density at radius 1 is 1.44 bits per heavy atom. The van der Waals surface area contributed by atoms with Gasteiger partial charge in [0.1, 0.15) is 0 Å². The summed E-state index contributed by atoms with van der Waals surface area (Å²) in [5.74, 6) is 6.37. The van der Waals surface area contributed by atoms with Crippen LogP contribution in [0.2, 0.25) is 0 Å². The first-order valence-corrected chi connectivity index (χ1v) is 7.81. The van der Waals surface area contributed by atoms with Crippen LogP contribution in [-0.4, -0.2) is 18.2 Å². The van der Waals surface area contributed by atoms with Crippen molar-refractivity contribution in [3.63, 3.8) is 0 Å². The quantitative estimate of drug-likeness (QED) is 0.635. The van der Waals surface area contributed by atoms with Crippen LogP contribution in [0.5, 0.6) is 0 Å². The fraction of sp³-hybridized carbons (Fsp3) is 0.714. The van der Waals surface area contributed by atoms with E-state index in [1.165, 1.54) is 29.0 Å². The SMILES string of the molecule is CCc1ccc(CC(NN)C2CC3CCC2O3)s1. The Balaban J connectivity index is 1.65. The second-order valence-corrected chi connectivity index (χ2v) is 6.73. The van der Waals surface area contributed by atoms with Crippen LogP contribution in [-0.2, 0) is 17.6 Å². The number of hydrogen-bond acceptors (Lipinski definition) is 4. The van der Waals surface area contributed by atoms with Gasteiger partial charge in [-0.1, -0.05) is 6.92 Å². The molecule has 2 saturated heterocycles. The Bertz CT molecular complexity index is 406. The molecule has 4 atom stereocenters. The summed E-state index contributed by atoms with van der Waals surface area (Å²) >= 11 is 1.92. The lowest BCUT2D eigenvalue weighted by Gasteiger charge is -2.27. The molecule has 2 fully saturated rings. The maximum Gasteiger partial charge on any atom is 0.0624 e. The van der Waals surface area contributed by atoms with Gasteiger partial charge in [-0.25, -0.2) is 0 Å². The molecule has 1 aromatic heterocycles. The molecule has 2 bridgehead atoms. The number of rotatable bonds is 5. The van der Waals surface area contributed by atoms with Crippen molar-refractivity contribution in [3.05, 3.63) is 21.9 Å². The highest BCUT2D eigenvalue weighted by Gasteiger charge is 2.44. The van der Waals surface area contributed by atoms with Crippen LogP contribution in [0.25, 0.3) is 0 Å². The highest BCUT2D eigenvalue weighted by Crippen LogP contribution is 2.41. The largest absolute Gasteiger partial charge is 0.375 e. The monoisotopic (exact) mass is 266 g/mol. The van der Waals surface area contributed by atoms with Crippen LogP contribution in [0.15, 0.2) is 12.1 Å². The number of hydrazine groups is 1. The normalized spacial score (nSPS) is 32.0. The maximum absolute atomic E-state index is 5.94. The average molecular weight is 266 g/mol. The predicted octanol–water partition coefficient (Wildman–Crippen LogP) is 2.25. The van der Waals surface area contributed by atoms with Crippen LogP contribution in [0.4, 0.5) is 0 Å². The molecule has 2 aliphatic rings. The molecule has 4 unspecified atom stereocenters. The molecule has 0 aromatic carbocycles. The summed E-state index contributed by atoms with van der Waals surface area (Å²) in [6, 6.07) is 4.86. The number of nitrogens with two attached hydrogens (primary N) is 1. The minimum atomic E-state index is 0.364. The minimum absolute atomic E-state index is 0.364. The maximum atomic E-state index is 5.94. The lowest BCUT2D eigenvalue weighted by Crippen LogP contribution is -2.45. The standard InChI is InChI=1S/C14H22N2OS/c1-2-10-4-5-11(18-10)8-13(16-15)12-7-9-3-6-14(12)17-9/h4-5,9,12-14,16H,2-3,6-8,15H2,1H3. The van der Waals surface area contributed by atoms with E-state index in [0.717, 1.165) is 12.8 Å². The third-order valence-electron chi connectivity index (χ3n) is 4.37. The molecule has 0 aliphatic carbocycles. The summed E-state index contributed by atoms with van der Waals surface area (Å²) in [5, 5.41) is 0. The molecule has 3 N–H and O–H groups in total. The zero-order chi connectivity index (χ0) is 12.5. The average Bonchev–Trinajstić information content (AvgIpc) is 3.11. The second-order valence-electron chi connectivity index (χ2n) is 5.47. The van der Waals surface area contributed by atoms with Crippen molar-refractivity contribution in [3.8, 4) is 0 Å². The van der Waals surface area contributed by atoms with E-state index in [9.17, 15) is 0 Å². The van der Waals surface area contributed by atoms with Gasteiger partial charge in [-0.2, -0.15) is 0 Å². The first kappa shape index (κ1) is 12.6. The highest BCUT2D eigenvalue weighted by atomic mass is 32.1. The van der Waals surface area contributed by atoms with E-state index in [4.69, 9.17) is 10.6 Å². The van der Waals surface area contributed by atoms with E-state index in [1.54, 1.807) is 0 Å². The Hall–Kier alpha value is -0.420. The topological polar surface area (TPSA) is 47.3 Å². The molecule has 1 aromatic rings. The fourth-order valence-corrected chi connectivity index (χ4v) is 4.39. The molecule has 18 heavy (non-hydrogen) atoms. The Morgan fingerprint density at radius 3 is 2.83 bits per heavy atom. The van der Waals surface area contributed by atoms with Gasteiger partial charge in [0.05, 0.1) is 12.2 Å². The summed E-state index contributed by atoms with van der Waals surface area (Å²) in [7, 11) is 0. The molecule has 3 rings (SSSR count). The first-order valence-electron chi connectivity index (χ1n) is 6.99. The lowest BCUT2D eigenvalue weighted by atomic mass is 9.82. The zero-order valence-electron chi connectivity index (χ0n) is 10.9. The molecule has 3 heterocycles. The number of ether oxygens (including phenoxy) is 1. The van der Waals surface area contributed by atoms with Crippen molar-refractivity contribution in [1.82, 2.24) is 5.43 Å². The molecule has 0 saturated carbocycles. The van der Waals surface area contributed by atoms with Gasteiger partial charge in [0.15, 0.2) is 0 Å². The van der Waals surface area contributed by atoms with E-state index in [-0.39, 0.29) is 0 Å².